The van der Waals surface area contributed by atoms with Gasteiger partial charge in [0.2, 0.25) is 0 Å². The Morgan fingerprint density at radius 1 is 0.458 bits per heavy atom. The number of ether oxygens (including phenoxy) is 2. The molecular weight excluding hydrogens is 296 g/mol. The largest absolute Gasteiger partial charge is 0.373 e. The Labute approximate surface area is 154 Å². The van der Waals surface area contributed by atoms with Gasteiger partial charge >= 0.3 is 0 Å². The summed E-state index contributed by atoms with van der Waals surface area (Å²) in [4.78, 5) is 0. The van der Waals surface area contributed by atoms with E-state index in [1.54, 1.807) is 0 Å². The molecule has 0 heterocycles. The summed E-state index contributed by atoms with van der Waals surface area (Å²) in [5.41, 5.74) is 0.943. The van der Waals surface area contributed by atoms with Crippen molar-refractivity contribution >= 4 is 0 Å². The van der Waals surface area contributed by atoms with Gasteiger partial charge in [-0.2, -0.15) is 0 Å². The van der Waals surface area contributed by atoms with Crippen LogP contribution in [-0.4, -0.2) is 24.4 Å². The second kappa shape index (κ2) is 10.8. The molecule has 2 heteroatoms. The van der Waals surface area contributed by atoms with Crippen molar-refractivity contribution in [3.05, 3.63) is 0 Å². The Kier molecular flexibility index (Phi) is 11.8. The summed E-state index contributed by atoms with van der Waals surface area (Å²) in [6.45, 7) is 27.6. The van der Waals surface area contributed by atoms with Crippen molar-refractivity contribution in [2.75, 3.05) is 13.2 Å². The van der Waals surface area contributed by atoms with E-state index < -0.39 is 0 Å². The highest BCUT2D eigenvalue weighted by Crippen LogP contribution is 2.26. The first-order valence-corrected chi connectivity index (χ1v) is 9.69. The van der Waals surface area contributed by atoms with Crippen LogP contribution < -0.4 is 0 Å². The van der Waals surface area contributed by atoms with Gasteiger partial charge in [-0.25, -0.2) is 0 Å². The molecular formula is C22H48O2. The monoisotopic (exact) mass is 344 g/mol. The average molecular weight is 345 g/mol. The first-order valence-electron chi connectivity index (χ1n) is 9.69. The van der Waals surface area contributed by atoms with E-state index in [2.05, 4.69) is 41.5 Å². The molecule has 148 valence electrons. The standard InChI is InChI=1S/C12H26.C10H22O2/c1-11(2,3)9-7-8-10-12(4,5)6;1-9(2,3)11-7-8-12-10(4,5)6/h7-10H2,1-6H3;7-8H2,1-6H3. The van der Waals surface area contributed by atoms with Crippen LogP contribution in [0.15, 0.2) is 0 Å². The molecule has 0 aliphatic carbocycles. The molecule has 0 N–H and O–H groups in total. The third-order valence-corrected chi connectivity index (χ3v) is 3.26. The van der Waals surface area contributed by atoms with Gasteiger partial charge in [0.1, 0.15) is 0 Å². The average Bonchev–Trinajstić information content (AvgIpc) is 2.27. The zero-order chi connectivity index (χ0) is 19.7. The molecule has 0 rings (SSSR count). The Bertz CT molecular complexity index is 228. The van der Waals surface area contributed by atoms with Gasteiger partial charge in [-0.1, -0.05) is 54.4 Å². The summed E-state index contributed by atoms with van der Waals surface area (Å²) in [6, 6.07) is 0. The van der Waals surface area contributed by atoms with E-state index in [-0.39, 0.29) is 11.2 Å². The topological polar surface area (TPSA) is 18.5 Å². The minimum Gasteiger partial charge on any atom is -0.373 e. The van der Waals surface area contributed by atoms with E-state index in [1.807, 2.05) is 41.5 Å². The predicted octanol–water partition coefficient (Wildman–Crippen LogP) is 7.26. The second-order valence-corrected chi connectivity index (χ2v) is 11.3. The van der Waals surface area contributed by atoms with E-state index in [4.69, 9.17) is 9.47 Å². The molecule has 0 amide bonds. The fraction of sp³-hybridized carbons (Fsp3) is 1.00. The zero-order valence-corrected chi connectivity index (χ0v) is 19.1. The molecule has 0 fully saturated rings. The Hall–Kier alpha value is -0.0800. The first-order chi connectivity index (χ1) is 10.4. The quantitative estimate of drug-likeness (QED) is 0.472. The SMILES string of the molecule is CC(C)(C)CCCCC(C)(C)C.CC(C)(C)OCCOC(C)(C)C. The zero-order valence-electron chi connectivity index (χ0n) is 19.1. The van der Waals surface area contributed by atoms with Crippen molar-refractivity contribution in [3.63, 3.8) is 0 Å². The highest BCUT2D eigenvalue weighted by Gasteiger charge is 2.13. The van der Waals surface area contributed by atoms with Crippen molar-refractivity contribution < 1.29 is 9.47 Å². The molecule has 0 radical (unpaired) electrons. The molecule has 2 nitrogen and oxygen atoms in total. The molecule has 0 bridgehead atoms. The van der Waals surface area contributed by atoms with Crippen LogP contribution in [0.3, 0.4) is 0 Å². The summed E-state index contributed by atoms with van der Waals surface area (Å²) in [7, 11) is 0. The smallest absolute Gasteiger partial charge is 0.0707 e. The maximum absolute atomic E-state index is 5.50. The molecule has 0 saturated heterocycles. The lowest BCUT2D eigenvalue weighted by Gasteiger charge is -2.23. The van der Waals surface area contributed by atoms with E-state index in [0.717, 1.165) is 0 Å². The third kappa shape index (κ3) is 29.9. The van der Waals surface area contributed by atoms with Gasteiger partial charge in [-0.05, 0) is 65.2 Å². The molecule has 24 heavy (non-hydrogen) atoms. The van der Waals surface area contributed by atoms with E-state index >= 15 is 0 Å². The highest BCUT2D eigenvalue weighted by molar-refractivity contribution is 4.65. The summed E-state index contributed by atoms with van der Waals surface area (Å²) in [5.74, 6) is 0. The molecule has 0 aliphatic rings. The Morgan fingerprint density at radius 3 is 0.875 bits per heavy atom. The normalized spacial score (nSPS) is 13.5. The van der Waals surface area contributed by atoms with Gasteiger partial charge < -0.3 is 9.47 Å². The van der Waals surface area contributed by atoms with E-state index in [9.17, 15) is 0 Å². The number of rotatable bonds is 6. The lowest BCUT2D eigenvalue weighted by atomic mass is 9.85. The van der Waals surface area contributed by atoms with Crippen molar-refractivity contribution in [2.45, 2.75) is 120 Å². The predicted molar refractivity (Wildman–Crippen MR) is 109 cm³/mol. The van der Waals surface area contributed by atoms with Crippen molar-refractivity contribution in [1.82, 2.24) is 0 Å². The Balaban J connectivity index is 0. The van der Waals surface area contributed by atoms with Crippen LogP contribution in [-0.2, 0) is 9.47 Å². The highest BCUT2D eigenvalue weighted by atomic mass is 16.5. The maximum atomic E-state index is 5.50. The molecule has 0 atom stereocenters. The van der Waals surface area contributed by atoms with Crippen LogP contribution >= 0.6 is 0 Å². The fourth-order valence-corrected chi connectivity index (χ4v) is 2.01. The summed E-state index contributed by atoms with van der Waals surface area (Å²) >= 11 is 0. The lowest BCUT2D eigenvalue weighted by Crippen LogP contribution is -2.26. The lowest BCUT2D eigenvalue weighted by molar-refractivity contribution is -0.0719. The van der Waals surface area contributed by atoms with E-state index in [0.29, 0.717) is 24.0 Å². The molecule has 0 aromatic heterocycles. The fourth-order valence-electron chi connectivity index (χ4n) is 2.01. The van der Waals surface area contributed by atoms with Crippen LogP contribution in [0.1, 0.15) is 109 Å². The summed E-state index contributed by atoms with van der Waals surface area (Å²) in [5, 5.41) is 0. The number of hydrogen-bond donors (Lipinski definition) is 0. The molecule has 0 aromatic rings. The molecule has 0 aromatic carbocycles. The molecule has 0 saturated carbocycles. The maximum Gasteiger partial charge on any atom is 0.0707 e. The second-order valence-electron chi connectivity index (χ2n) is 11.3. The van der Waals surface area contributed by atoms with Gasteiger partial charge in [-0.3, -0.25) is 0 Å². The van der Waals surface area contributed by atoms with Crippen molar-refractivity contribution in [3.8, 4) is 0 Å². The van der Waals surface area contributed by atoms with Gasteiger partial charge in [-0.15, -0.1) is 0 Å². The van der Waals surface area contributed by atoms with Gasteiger partial charge in [0, 0.05) is 0 Å². The van der Waals surface area contributed by atoms with Crippen molar-refractivity contribution in [1.29, 1.82) is 0 Å². The molecule has 0 aliphatic heterocycles. The van der Waals surface area contributed by atoms with Gasteiger partial charge in [0.05, 0.1) is 24.4 Å². The number of hydrogen-bond acceptors (Lipinski definition) is 2. The minimum atomic E-state index is -0.0543. The van der Waals surface area contributed by atoms with Crippen molar-refractivity contribution in [2.24, 2.45) is 10.8 Å². The Morgan fingerprint density at radius 2 is 0.708 bits per heavy atom. The minimum absolute atomic E-state index is 0.0543. The van der Waals surface area contributed by atoms with Crippen LogP contribution in [0.2, 0.25) is 0 Å². The first kappa shape index (κ1) is 26.2. The number of unbranched alkanes of at least 4 members (excludes halogenated alkanes) is 1. The van der Waals surface area contributed by atoms with Crippen LogP contribution in [0.4, 0.5) is 0 Å². The van der Waals surface area contributed by atoms with E-state index in [1.165, 1.54) is 25.7 Å². The van der Waals surface area contributed by atoms with Crippen LogP contribution in [0, 0.1) is 10.8 Å². The summed E-state index contributed by atoms with van der Waals surface area (Å²) in [6.07, 6.45) is 5.51. The molecule has 0 unspecified atom stereocenters. The van der Waals surface area contributed by atoms with Gasteiger partial charge in [0.15, 0.2) is 0 Å². The van der Waals surface area contributed by atoms with Crippen LogP contribution in [0.5, 0.6) is 0 Å². The molecule has 0 spiro atoms. The third-order valence-electron chi connectivity index (χ3n) is 3.26. The van der Waals surface area contributed by atoms with Crippen LogP contribution in [0.25, 0.3) is 0 Å². The van der Waals surface area contributed by atoms with Gasteiger partial charge in [0.25, 0.3) is 0 Å². The summed E-state index contributed by atoms with van der Waals surface area (Å²) < 4.78 is 11.0.